The summed E-state index contributed by atoms with van der Waals surface area (Å²) >= 11 is 1.96. The number of aliphatic hydroxyl groups excluding tert-OH is 1. The van der Waals surface area contributed by atoms with Crippen molar-refractivity contribution in [2.75, 3.05) is 11.9 Å². The first-order chi connectivity index (χ1) is 14.3. The number of ether oxygens (including phenoxy) is 1. The standard InChI is InChI=1S/C20H19F2IN4O3/c21-12-7-17(26-16-2-1-13(23)9-15(16)22)19(20(24)29)18(8-12)30-6-3-14(28)10-27-5-4-25-11-27/h1-2,4-5,7-9,11,14,26,28H,3,6,10H2,(H2,24,29). The van der Waals surface area contributed by atoms with Crippen LogP contribution in [0, 0.1) is 15.2 Å². The Balaban J connectivity index is 1.76. The summed E-state index contributed by atoms with van der Waals surface area (Å²) in [5.74, 6) is -2.21. The number of halogens is 3. The number of benzene rings is 2. The van der Waals surface area contributed by atoms with Gasteiger partial charge in [-0.15, -0.1) is 0 Å². The van der Waals surface area contributed by atoms with E-state index in [9.17, 15) is 18.7 Å². The molecule has 1 amide bonds. The summed E-state index contributed by atoms with van der Waals surface area (Å²) in [6, 6.07) is 6.50. The van der Waals surface area contributed by atoms with Gasteiger partial charge < -0.3 is 25.5 Å². The predicted octanol–water partition coefficient (Wildman–Crippen LogP) is 3.44. The summed E-state index contributed by atoms with van der Waals surface area (Å²) in [6.45, 7) is 0.324. The van der Waals surface area contributed by atoms with Crippen LogP contribution in [0.5, 0.6) is 5.75 Å². The van der Waals surface area contributed by atoms with Gasteiger partial charge in [0, 0.05) is 35.0 Å². The quantitative estimate of drug-likeness (QED) is 0.370. The van der Waals surface area contributed by atoms with Gasteiger partial charge in [-0.3, -0.25) is 4.79 Å². The van der Waals surface area contributed by atoms with Gasteiger partial charge in [-0.25, -0.2) is 13.8 Å². The smallest absolute Gasteiger partial charge is 0.254 e. The molecule has 30 heavy (non-hydrogen) atoms. The van der Waals surface area contributed by atoms with Gasteiger partial charge in [-0.2, -0.15) is 0 Å². The lowest BCUT2D eigenvalue weighted by molar-refractivity contribution is 0.0994. The van der Waals surface area contributed by atoms with Crippen molar-refractivity contribution in [3.05, 3.63) is 69.8 Å². The molecule has 0 aliphatic carbocycles. The molecule has 10 heteroatoms. The van der Waals surface area contributed by atoms with Gasteiger partial charge in [0.05, 0.1) is 30.4 Å². The van der Waals surface area contributed by atoms with Crippen molar-refractivity contribution in [1.29, 1.82) is 0 Å². The summed E-state index contributed by atoms with van der Waals surface area (Å²) in [5.41, 5.74) is 5.40. The summed E-state index contributed by atoms with van der Waals surface area (Å²) in [7, 11) is 0. The van der Waals surface area contributed by atoms with E-state index < -0.39 is 23.6 Å². The van der Waals surface area contributed by atoms with E-state index in [4.69, 9.17) is 10.5 Å². The van der Waals surface area contributed by atoms with Crippen LogP contribution in [-0.2, 0) is 6.54 Å². The fourth-order valence-electron chi connectivity index (χ4n) is 2.82. The molecule has 1 heterocycles. The number of anilines is 2. The van der Waals surface area contributed by atoms with E-state index in [2.05, 4.69) is 10.3 Å². The second kappa shape index (κ2) is 9.85. The van der Waals surface area contributed by atoms with Crippen molar-refractivity contribution < 1.29 is 23.4 Å². The first kappa shape index (κ1) is 22.0. The Morgan fingerprint density at radius 3 is 2.77 bits per heavy atom. The number of nitrogens with one attached hydrogen (secondary N) is 1. The van der Waals surface area contributed by atoms with E-state index in [1.807, 2.05) is 22.6 Å². The second-order valence-electron chi connectivity index (χ2n) is 6.49. The van der Waals surface area contributed by atoms with Crippen LogP contribution < -0.4 is 15.8 Å². The van der Waals surface area contributed by atoms with Crippen molar-refractivity contribution in [2.45, 2.75) is 19.1 Å². The number of imidazole rings is 1. The third kappa shape index (κ3) is 5.66. The average molecular weight is 528 g/mol. The van der Waals surface area contributed by atoms with E-state index in [1.165, 1.54) is 12.1 Å². The Hall–Kier alpha value is -2.73. The number of aliphatic hydroxyl groups is 1. The second-order valence-corrected chi connectivity index (χ2v) is 7.74. The first-order valence-electron chi connectivity index (χ1n) is 8.95. The Kier molecular flexibility index (Phi) is 7.21. The molecule has 1 aromatic heterocycles. The molecule has 0 saturated carbocycles. The lowest BCUT2D eigenvalue weighted by atomic mass is 10.1. The Bertz CT molecular complexity index is 1030. The number of carbonyl (C=O) groups is 1. The van der Waals surface area contributed by atoms with Crippen LogP contribution in [0.2, 0.25) is 0 Å². The number of carbonyl (C=O) groups excluding carboxylic acids is 1. The summed E-state index contributed by atoms with van der Waals surface area (Å²) < 4.78 is 36.3. The Labute approximate surface area is 185 Å². The first-order valence-corrected chi connectivity index (χ1v) is 10.0. The average Bonchev–Trinajstić information content (AvgIpc) is 3.16. The number of amides is 1. The molecule has 1 atom stereocenters. The monoisotopic (exact) mass is 528 g/mol. The minimum absolute atomic E-state index is 0.0108. The molecular weight excluding hydrogens is 509 g/mol. The molecule has 3 rings (SSSR count). The molecule has 7 nitrogen and oxygen atoms in total. The van der Waals surface area contributed by atoms with E-state index in [0.717, 1.165) is 12.1 Å². The number of nitrogens with two attached hydrogens (primary N) is 1. The maximum Gasteiger partial charge on any atom is 0.254 e. The van der Waals surface area contributed by atoms with Crippen LogP contribution in [0.25, 0.3) is 0 Å². The normalized spacial score (nSPS) is 11.9. The number of primary amides is 1. The fraction of sp³-hybridized carbons (Fsp3) is 0.200. The predicted molar refractivity (Wildman–Crippen MR) is 116 cm³/mol. The SMILES string of the molecule is NC(=O)c1c(Nc2ccc(I)cc2F)cc(F)cc1OCCC(O)Cn1ccnc1. The molecule has 4 N–H and O–H groups in total. The highest BCUT2D eigenvalue weighted by molar-refractivity contribution is 14.1. The summed E-state index contributed by atoms with van der Waals surface area (Å²) in [5, 5.41) is 12.8. The summed E-state index contributed by atoms with van der Waals surface area (Å²) in [4.78, 5) is 15.9. The van der Waals surface area contributed by atoms with Gasteiger partial charge in [-0.1, -0.05) is 0 Å². The molecular formula is C20H19F2IN4O3. The van der Waals surface area contributed by atoms with Crippen LogP contribution in [0.3, 0.4) is 0 Å². The van der Waals surface area contributed by atoms with E-state index >= 15 is 0 Å². The van der Waals surface area contributed by atoms with Crippen molar-refractivity contribution in [1.82, 2.24) is 9.55 Å². The number of hydrogen-bond acceptors (Lipinski definition) is 5. The van der Waals surface area contributed by atoms with Gasteiger partial charge >= 0.3 is 0 Å². The number of hydrogen-bond donors (Lipinski definition) is 3. The molecule has 0 saturated heterocycles. The van der Waals surface area contributed by atoms with Gasteiger partial charge in [0.25, 0.3) is 5.91 Å². The van der Waals surface area contributed by atoms with Gasteiger partial charge in [-0.05, 0) is 46.9 Å². The van der Waals surface area contributed by atoms with Crippen molar-refractivity contribution >= 4 is 39.9 Å². The van der Waals surface area contributed by atoms with Crippen LogP contribution in [0.1, 0.15) is 16.8 Å². The number of aromatic nitrogens is 2. The van der Waals surface area contributed by atoms with E-state index in [0.29, 0.717) is 10.1 Å². The molecule has 3 aromatic rings. The fourth-order valence-corrected chi connectivity index (χ4v) is 3.27. The molecule has 158 valence electrons. The van der Waals surface area contributed by atoms with Crippen LogP contribution >= 0.6 is 22.6 Å². The van der Waals surface area contributed by atoms with Crippen LogP contribution in [0.4, 0.5) is 20.2 Å². The topological polar surface area (TPSA) is 102 Å². The third-order valence-electron chi connectivity index (χ3n) is 4.20. The molecule has 0 radical (unpaired) electrons. The van der Waals surface area contributed by atoms with Gasteiger partial charge in [0.2, 0.25) is 0 Å². The highest BCUT2D eigenvalue weighted by Gasteiger charge is 2.19. The number of nitrogens with zero attached hydrogens (tertiary/aromatic N) is 2. The molecule has 2 aromatic carbocycles. The molecule has 0 bridgehead atoms. The lowest BCUT2D eigenvalue weighted by Gasteiger charge is -2.17. The molecule has 1 unspecified atom stereocenters. The maximum atomic E-state index is 14.2. The van der Waals surface area contributed by atoms with Gasteiger partial charge in [0.1, 0.15) is 22.9 Å². The van der Waals surface area contributed by atoms with Crippen LogP contribution in [-0.4, -0.2) is 33.3 Å². The third-order valence-corrected chi connectivity index (χ3v) is 4.87. The van der Waals surface area contributed by atoms with Crippen molar-refractivity contribution in [3.8, 4) is 5.75 Å². The Morgan fingerprint density at radius 1 is 1.30 bits per heavy atom. The lowest BCUT2D eigenvalue weighted by Crippen LogP contribution is -2.20. The molecule has 0 aliphatic heterocycles. The highest BCUT2D eigenvalue weighted by atomic mass is 127. The summed E-state index contributed by atoms with van der Waals surface area (Å²) in [6.07, 6.45) is 4.37. The number of rotatable bonds is 9. The maximum absolute atomic E-state index is 14.2. The molecule has 0 spiro atoms. The zero-order valence-electron chi connectivity index (χ0n) is 15.7. The zero-order chi connectivity index (χ0) is 21.7. The van der Waals surface area contributed by atoms with E-state index in [-0.39, 0.29) is 35.7 Å². The minimum atomic E-state index is -0.864. The largest absolute Gasteiger partial charge is 0.492 e. The van der Waals surface area contributed by atoms with Crippen molar-refractivity contribution in [3.63, 3.8) is 0 Å². The van der Waals surface area contributed by atoms with Crippen LogP contribution in [0.15, 0.2) is 49.1 Å². The minimum Gasteiger partial charge on any atom is -0.492 e. The Morgan fingerprint density at radius 2 is 2.10 bits per heavy atom. The molecule has 0 fully saturated rings. The van der Waals surface area contributed by atoms with Crippen molar-refractivity contribution in [2.24, 2.45) is 5.73 Å². The van der Waals surface area contributed by atoms with Gasteiger partial charge in [0.15, 0.2) is 0 Å². The molecule has 0 aliphatic rings. The highest BCUT2D eigenvalue weighted by Crippen LogP contribution is 2.31. The van der Waals surface area contributed by atoms with E-state index in [1.54, 1.807) is 29.4 Å². The zero-order valence-corrected chi connectivity index (χ0v) is 17.8.